The van der Waals surface area contributed by atoms with Gasteiger partial charge in [-0.3, -0.25) is 14.6 Å². The molecule has 0 aliphatic carbocycles. The lowest BCUT2D eigenvalue weighted by atomic mass is 9.73. The zero-order valence-corrected chi connectivity index (χ0v) is 23.8. The van der Waals surface area contributed by atoms with Crippen molar-refractivity contribution >= 4 is 23.5 Å². The van der Waals surface area contributed by atoms with Crippen molar-refractivity contribution in [2.75, 3.05) is 32.8 Å². The molecule has 0 radical (unpaired) electrons. The maximum Gasteiger partial charge on any atom is 0.315 e. The smallest absolute Gasteiger partial charge is 0.315 e. The average Bonchev–Trinajstić information content (AvgIpc) is 2.97. The second kappa shape index (κ2) is 13.9. The van der Waals surface area contributed by atoms with Gasteiger partial charge in [-0.15, -0.1) is 0 Å². The van der Waals surface area contributed by atoms with Gasteiger partial charge in [0.05, 0.1) is 23.3 Å². The van der Waals surface area contributed by atoms with Gasteiger partial charge >= 0.3 is 5.97 Å². The van der Waals surface area contributed by atoms with Gasteiger partial charge in [0.1, 0.15) is 6.42 Å². The maximum atomic E-state index is 12.7. The van der Waals surface area contributed by atoms with Gasteiger partial charge in [-0.25, -0.2) is 0 Å². The lowest BCUT2D eigenvalue weighted by Gasteiger charge is -2.39. The lowest BCUT2D eigenvalue weighted by molar-refractivity contribution is -0.146. The van der Waals surface area contributed by atoms with Crippen molar-refractivity contribution in [1.29, 1.82) is 0 Å². The standard InChI is InChI=1S/C32H38ClN3O4/c1-2-40-30(38)23-29(37)35-24-31(25-9-4-3-5-10-25,28-11-6-7-19-34-28)16-8-20-36-21-17-32(39,18-22-36)26-12-14-27(33)15-13-26/h3-7,9-15,19,39H,2,8,16-18,20-24H2,1H3,(H,35,37). The summed E-state index contributed by atoms with van der Waals surface area (Å²) >= 11 is 6.04. The van der Waals surface area contributed by atoms with Crippen LogP contribution in [0, 0.1) is 0 Å². The van der Waals surface area contributed by atoms with Gasteiger partial charge in [-0.05, 0) is 74.5 Å². The molecule has 1 fully saturated rings. The quantitative estimate of drug-likeness (QED) is 0.242. The number of benzene rings is 2. The van der Waals surface area contributed by atoms with Gasteiger partial charge < -0.3 is 20.1 Å². The molecule has 1 atom stereocenters. The van der Waals surface area contributed by atoms with Gasteiger partial charge in [-0.1, -0.05) is 60.1 Å². The largest absolute Gasteiger partial charge is 0.466 e. The van der Waals surface area contributed by atoms with E-state index in [1.54, 1.807) is 13.1 Å². The van der Waals surface area contributed by atoms with E-state index in [0.717, 1.165) is 49.3 Å². The molecule has 4 rings (SSSR count). The number of nitrogens with one attached hydrogen (secondary N) is 1. The first-order valence-electron chi connectivity index (χ1n) is 13.9. The Kier molecular flexibility index (Phi) is 10.3. The third-order valence-corrected chi connectivity index (χ3v) is 8.07. The molecule has 40 heavy (non-hydrogen) atoms. The Morgan fingerprint density at radius 3 is 2.40 bits per heavy atom. The molecule has 1 aliphatic rings. The predicted octanol–water partition coefficient (Wildman–Crippen LogP) is 4.85. The van der Waals surface area contributed by atoms with Gasteiger partial charge in [0, 0.05) is 30.9 Å². The second-order valence-electron chi connectivity index (χ2n) is 10.4. The molecule has 0 bridgehead atoms. The third kappa shape index (κ3) is 7.47. The highest BCUT2D eigenvalue weighted by Gasteiger charge is 2.37. The monoisotopic (exact) mass is 563 g/mol. The minimum atomic E-state index is -0.841. The van der Waals surface area contributed by atoms with Gasteiger partial charge in [-0.2, -0.15) is 0 Å². The number of ether oxygens (including phenoxy) is 1. The third-order valence-electron chi connectivity index (χ3n) is 7.82. The topological polar surface area (TPSA) is 91.8 Å². The molecule has 1 amide bonds. The summed E-state index contributed by atoms with van der Waals surface area (Å²) in [7, 11) is 0. The lowest BCUT2D eigenvalue weighted by Crippen LogP contribution is -2.45. The number of aliphatic hydroxyl groups is 1. The molecule has 212 valence electrons. The molecule has 2 aromatic carbocycles. The number of rotatable bonds is 12. The van der Waals surface area contributed by atoms with Crippen LogP contribution in [0.15, 0.2) is 79.0 Å². The molecule has 2 N–H and O–H groups in total. The van der Waals surface area contributed by atoms with E-state index in [4.69, 9.17) is 21.3 Å². The summed E-state index contributed by atoms with van der Waals surface area (Å²) in [5.41, 5.74) is 1.42. The highest BCUT2D eigenvalue weighted by atomic mass is 35.5. The highest BCUT2D eigenvalue weighted by molar-refractivity contribution is 6.30. The Balaban J connectivity index is 1.46. The van der Waals surface area contributed by atoms with Crippen molar-refractivity contribution < 1.29 is 19.4 Å². The first-order valence-corrected chi connectivity index (χ1v) is 14.3. The Hall–Kier alpha value is -3.26. The predicted molar refractivity (Wildman–Crippen MR) is 156 cm³/mol. The Bertz CT molecular complexity index is 1190. The van der Waals surface area contributed by atoms with Crippen LogP contribution in [0.3, 0.4) is 0 Å². The number of aromatic nitrogens is 1. The fourth-order valence-electron chi connectivity index (χ4n) is 5.56. The zero-order chi connectivity index (χ0) is 28.4. The molecule has 1 aromatic heterocycles. The minimum absolute atomic E-state index is 0.238. The number of likely N-dealkylation sites (tertiary alicyclic amines) is 1. The van der Waals surface area contributed by atoms with Crippen LogP contribution < -0.4 is 5.32 Å². The van der Waals surface area contributed by atoms with Crippen LogP contribution >= 0.6 is 11.6 Å². The van der Waals surface area contributed by atoms with Crippen molar-refractivity contribution in [1.82, 2.24) is 15.2 Å². The van der Waals surface area contributed by atoms with Crippen molar-refractivity contribution in [2.24, 2.45) is 0 Å². The van der Waals surface area contributed by atoms with E-state index >= 15 is 0 Å². The molecule has 0 spiro atoms. The van der Waals surface area contributed by atoms with Crippen LogP contribution in [0.4, 0.5) is 0 Å². The van der Waals surface area contributed by atoms with Crippen LogP contribution in [0.2, 0.25) is 5.02 Å². The van der Waals surface area contributed by atoms with Crippen LogP contribution in [-0.4, -0.2) is 59.7 Å². The summed E-state index contributed by atoms with van der Waals surface area (Å²) in [6.07, 6.45) is 4.37. The summed E-state index contributed by atoms with van der Waals surface area (Å²) in [6, 6.07) is 23.4. The van der Waals surface area contributed by atoms with Gasteiger partial charge in [0.2, 0.25) is 5.91 Å². The van der Waals surface area contributed by atoms with Crippen LogP contribution in [0.5, 0.6) is 0 Å². The number of hydrogen-bond acceptors (Lipinski definition) is 6. The second-order valence-corrected chi connectivity index (χ2v) is 10.8. The number of carbonyl (C=O) groups excluding carboxylic acids is 2. The Morgan fingerprint density at radius 1 is 1.05 bits per heavy atom. The van der Waals surface area contributed by atoms with E-state index in [-0.39, 0.29) is 18.9 Å². The molecule has 1 aliphatic heterocycles. The summed E-state index contributed by atoms with van der Waals surface area (Å²) in [4.78, 5) is 31.7. The van der Waals surface area contributed by atoms with E-state index in [1.165, 1.54) is 0 Å². The first-order chi connectivity index (χ1) is 19.3. The van der Waals surface area contributed by atoms with E-state index in [2.05, 4.69) is 22.3 Å². The van der Waals surface area contributed by atoms with E-state index in [1.807, 2.05) is 60.7 Å². The molecule has 2 heterocycles. The molecular weight excluding hydrogens is 526 g/mol. The molecule has 7 nitrogen and oxygen atoms in total. The van der Waals surface area contributed by atoms with Crippen molar-refractivity contribution in [3.05, 3.63) is 101 Å². The summed E-state index contributed by atoms with van der Waals surface area (Å²) < 4.78 is 4.95. The molecule has 1 unspecified atom stereocenters. The Labute approximate surface area is 241 Å². The molecule has 8 heteroatoms. The molecule has 1 saturated heterocycles. The van der Waals surface area contributed by atoms with Crippen molar-refractivity contribution in [3.63, 3.8) is 0 Å². The number of esters is 1. The van der Waals surface area contributed by atoms with Crippen LogP contribution in [0.1, 0.15) is 55.8 Å². The summed E-state index contributed by atoms with van der Waals surface area (Å²) in [6.45, 7) is 4.70. The van der Waals surface area contributed by atoms with Crippen LogP contribution in [0.25, 0.3) is 0 Å². The number of hydrogen-bond donors (Lipinski definition) is 2. The van der Waals surface area contributed by atoms with E-state index in [0.29, 0.717) is 24.4 Å². The molecular formula is C32H38ClN3O4. The minimum Gasteiger partial charge on any atom is -0.466 e. The van der Waals surface area contributed by atoms with Crippen molar-refractivity contribution in [2.45, 2.75) is 50.0 Å². The SMILES string of the molecule is CCOC(=O)CC(=O)NCC(CCCN1CCC(O)(c2ccc(Cl)cc2)CC1)(c1ccccc1)c1ccccn1. The number of nitrogens with zero attached hydrogens (tertiary/aromatic N) is 2. The van der Waals surface area contributed by atoms with Crippen molar-refractivity contribution in [3.8, 4) is 0 Å². The molecule has 0 saturated carbocycles. The van der Waals surface area contributed by atoms with Crippen LogP contribution in [-0.2, 0) is 25.3 Å². The van der Waals surface area contributed by atoms with E-state index < -0.39 is 17.0 Å². The fourth-order valence-corrected chi connectivity index (χ4v) is 5.69. The first kappa shape index (κ1) is 29.7. The summed E-state index contributed by atoms with van der Waals surface area (Å²) in [5.74, 6) is -0.904. The fraction of sp³-hybridized carbons (Fsp3) is 0.406. The highest BCUT2D eigenvalue weighted by Crippen LogP contribution is 2.37. The average molecular weight is 564 g/mol. The number of piperidine rings is 1. The van der Waals surface area contributed by atoms with Gasteiger partial charge in [0.15, 0.2) is 0 Å². The number of amides is 1. The number of carbonyl (C=O) groups is 2. The normalized spacial score (nSPS) is 16.6. The summed E-state index contributed by atoms with van der Waals surface area (Å²) in [5, 5.41) is 14.9. The zero-order valence-electron chi connectivity index (χ0n) is 23.0. The maximum absolute atomic E-state index is 12.7. The van der Waals surface area contributed by atoms with Gasteiger partial charge in [0.25, 0.3) is 0 Å². The molecule has 3 aromatic rings. The van der Waals surface area contributed by atoms with E-state index in [9.17, 15) is 14.7 Å². The number of pyridine rings is 1. The Morgan fingerprint density at radius 2 is 1.75 bits per heavy atom. The number of halogens is 1.